The number of urea groups is 1. The summed E-state index contributed by atoms with van der Waals surface area (Å²) in [5, 5.41) is 8.98. The van der Waals surface area contributed by atoms with Crippen molar-refractivity contribution in [2.45, 2.75) is 25.8 Å². The third-order valence-corrected chi connectivity index (χ3v) is 4.79. The molecule has 1 aliphatic rings. The highest BCUT2D eigenvalue weighted by molar-refractivity contribution is 7.13. The van der Waals surface area contributed by atoms with Crippen molar-refractivity contribution in [3.63, 3.8) is 0 Å². The van der Waals surface area contributed by atoms with Crippen molar-refractivity contribution in [2.24, 2.45) is 0 Å². The predicted molar refractivity (Wildman–Crippen MR) is 97.1 cm³/mol. The zero-order chi connectivity index (χ0) is 16.8. The van der Waals surface area contributed by atoms with Gasteiger partial charge in [0.15, 0.2) is 5.13 Å². The molecule has 0 spiro atoms. The lowest BCUT2D eigenvalue weighted by atomic mass is 10.1. The molecule has 1 aromatic heterocycles. The van der Waals surface area contributed by atoms with Crippen LogP contribution in [0.25, 0.3) is 0 Å². The van der Waals surface area contributed by atoms with Gasteiger partial charge in [0.1, 0.15) is 5.75 Å². The molecule has 128 valence electrons. The summed E-state index contributed by atoms with van der Waals surface area (Å²) < 4.78 is 5.53. The number of carbonyl (C=O) groups is 1. The van der Waals surface area contributed by atoms with Crippen molar-refractivity contribution in [3.05, 3.63) is 35.8 Å². The van der Waals surface area contributed by atoms with Crippen LogP contribution in [0, 0.1) is 0 Å². The summed E-state index contributed by atoms with van der Waals surface area (Å²) in [6, 6.07) is 7.46. The highest BCUT2D eigenvalue weighted by Gasteiger charge is 2.22. The summed E-state index contributed by atoms with van der Waals surface area (Å²) >= 11 is 1.65. The average Bonchev–Trinajstić information content (AvgIpc) is 3.12. The van der Waals surface area contributed by atoms with Crippen molar-refractivity contribution in [1.82, 2.24) is 10.3 Å². The van der Waals surface area contributed by atoms with Gasteiger partial charge in [0.25, 0.3) is 0 Å². The molecule has 2 N–H and O–H groups in total. The van der Waals surface area contributed by atoms with Gasteiger partial charge in [-0.25, -0.2) is 9.78 Å². The maximum Gasteiger partial charge on any atom is 0.319 e. The van der Waals surface area contributed by atoms with Gasteiger partial charge in [-0.05, 0) is 31.9 Å². The molecular formula is C17H22N4O2S. The maximum atomic E-state index is 12.2. The van der Waals surface area contributed by atoms with E-state index >= 15 is 0 Å². The van der Waals surface area contributed by atoms with E-state index in [0.717, 1.165) is 31.1 Å². The Morgan fingerprint density at radius 1 is 1.38 bits per heavy atom. The molecule has 0 atom stereocenters. The number of hydrogen-bond acceptors (Lipinski definition) is 5. The number of rotatable bonds is 5. The molecule has 2 amide bonds. The number of benzene rings is 1. The fourth-order valence-corrected chi connectivity index (χ4v) is 3.48. The number of carbonyl (C=O) groups excluding carboxylic acids is 1. The second-order valence-corrected chi connectivity index (χ2v) is 6.48. The second kappa shape index (κ2) is 8.01. The van der Waals surface area contributed by atoms with E-state index in [-0.39, 0.29) is 12.1 Å². The molecule has 0 bridgehead atoms. The van der Waals surface area contributed by atoms with Crippen molar-refractivity contribution >= 4 is 28.2 Å². The van der Waals surface area contributed by atoms with Gasteiger partial charge in [-0.3, -0.25) is 0 Å². The van der Waals surface area contributed by atoms with E-state index in [1.807, 2.05) is 42.8 Å². The van der Waals surface area contributed by atoms with Crippen LogP contribution in [0.1, 0.15) is 19.8 Å². The van der Waals surface area contributed by atoms with Crippen molar-refractivity contribution in [3.8, 4) is 5.75 Å². The Morgan fingerprint density at radius 3 is 2.88 bits per heavy atom. The highest BCUT2D eigenvalue weighted by Crippen LogP contribution is 2.24. The second-order valence-electron chi connectivity index (χ2n) is 5.60. The van der Waals surface area contributed by atoms with Crippen molar-refractivity contribution in [1.29, 1.82) is 0 Å². The molecule has 6 nitrogen and oxygen atoms in total. The molecule has 7 heteroatoms. The first-order valence-electron chi connectivity index (χ1n) is 8.20. The first-order valence-corrected chi connectivity index (χ1v) is 9.08. The number of nitrogens with one attached hydrogen (secondary N) is 2. The molecule has 0 unspecified atom stereocenters. The number of piperidine rings is 1. The molecule has 1 saturated heterocycles. The number of hydrogen-bond donors (Lipinski definition) is 2. The van der Waals surface area contributed by atoms with Crippen LogP contribution in [0.3, 0.4) is 0 Å². The normalized spacial score (nSPS) is 15.1. The molecule has 1 aliphatic heterocycles. The van der Waals surface area contributed by atoms with E-state index in [1.54, 1.807) is 11.3 Å². The minimum Gasteiger partial charge on any atom is -0.492 e. The Morgan fingerprint density at radius 2 is 2.17 bits per heavy atom. The van der Waals surface area contributed by atoms with Crippen LogP contribution in [0.15, 0.2) is 35.8 Å². The van der Waals surface area contributed by atoms with Gasteiger partial charge in [0.05, 0.1) is 12.3 Å². The van der Waals surface area contributed by atoms with E-state index in [2.05, 4.69) is 20.5 Å². The first-order chi connectivity index (χ1) is 11.8. The molecule has 0 saturated carbocycles. The van der Waals surface area contributed by atoms with Crippen LogP contribution < -0.4 is 20.3 Å². The van der Waals surface area contributed by atoms with Gasteiger partial charge >= 0.3 is 6.03 Å². The quantitative estimate of drug-likeness (QED) is 0.871. The van der Waals surface area contributed by atoms with Gasteiger partial charge in [-0.15, -0.1) is 11.3 Å². The zero-order valence-corrected chi connectivity index (χ0v) is 14.5. The van der Waals surface area contributed by atoms with E-state index < -0.39 is 0 Å². The third kappa shape index (κ3) is 4.17. The van der Waals surface area contributed by atoms with Gasteiger partial charge in [-0.2, -0.15) is 0 Å². The number of anilines is 2. The van der Waals surface area contributed by atoms with Crippen LogP contribution >= 0.6 is 11.3 Å². The summed E-state index contributed by atoms with van der Waals surface area (Å²) in [4.78, 5) is 18.9. The molecule has 2 heterocycles. The maximum absolute atomic E-state index is 12.2. The number of para-hydroxylation sites is 2. The van der Waals surface area contributed by atoms with Crippen LogP contribution in [0.2, 0.25) is 0 Å². The van der Waals surface area contributed by atoms with Crippen LogP contribution in [-0.4, -0.2) is 36.8 Å². The van der Waals surface area contributed by atoms with Crippen LogP contribution in [0.4, 0.5) is 15.6 Å². The fourth-order valence-electron chi connectivity index (χ4n) is 2.78. The number of nitrogens with zero attached hydrogens (tertiary/aromatic N) is 2. The van der Waals surface area contributed by atoms with Gasteiger partial charge in [-0.1, -0.05) is 12.1 Å². The number of aromatic nitrogens is 1. The zero-order valence-electron chi connectivity index (χ0n) is 13.7. The number of amides is 2. The van der Waals surface area contributed by atoms with E-state index in [4.69, 9.17) is 4.74 Å². The SMILES string of the molecule is CCOc1ccccc1NC(=O)NC1CCN(c2nccs2)CC1. The third-order valence-electron chi connectivity index (χ3n) is 3.96. The standard InChI is InChI=1S/C17H22N4O2S/c1-2-23-15-6-4-3-5-14(15)20-16(22)19-13-7-10-21(11-8-13)17-18-9-12-24-17/h3-6,9,12-13H,2,7-8,10-11H2,1H3,(H2,19,20,22). The molecule has 3 rings (SSSR count). The summed E-state index contributed by atoms with van der Waals surface area (Å²) in [6.07, 6.45) is 3.66. The van der Waals surface area contributed by atoms with Gasteiger partial charge in [0, 0.05) is 30.7 Å². The van der Waals surface area contributed by atoms with E-state index in [0.29, 0.717) is 18.0 Å². The number of thiazole rings is 1. The Labute approximate surface area is 145 Å². The lowest BCUT2D eigenvalue weighted by molar-refractivity contribution is 0.245. The summed E-state index contributed by atoms with van der Waals surface area (Å²) in [5.41, 5.74) is 0.692. The van der Waals surface area contributed by atoms with Crippen molar-refractivity contribution < 1.29 is 9.53 Å². The molecule has 2 aromatic rings. The minimum atomic E-state index is -0.185. The molecule has 1 aromatic carbocycles. The van der Waals surface area contributed by atoms with Crippen molar-refractivity contribution in [2.75, 3.05) is 29.9 Å². The smallest absolute Gasteiger partial charge is 0.319 e. The highest BCUT2D eigenvalue weighted by atomic mass is 32.1. The topological polar surface area (TPSA) is 66.5 Å². The van der Waals surface area contributed by atoms with Gasteiger partial charge < -0.3 is 20.3 Å². The predicted octanol–water partition coefficient (Wildman–Crippen LogP) is 3.33. The monoisotopic (exact) mass is 346 g/mol. The molecule has 1 fully saturated rings. The molecular weight excluding hydrogens is 324 g/mol. The Balaban J connectivity index is 1.49. The minimum absolute atomic E-state index is 0.181. The van der Waals surface area contributed by atoms with Crippen LogP contribution in [0.5, 0.6) is 5.75 Å². The largest absolute Gasteiger partial charge is 0.492 e. The fraction of sp³-hybridized carbons (Fsp3) is 0.412. The summed E-state index contributed by atoms with van der Waals surface area (Å²) in [5.74, 6) is 0.689. The average molecular weight is 346 g/mol. The Bertz CT molecular complexity index is 654. The van der Waals surface area contributed by atoms with E-state index in [9.17, 15) is 4.79 Å². The summed E-state index contributed by atoms with van der Waals surface area (Å²) in [7, 11) is 0. The van der Waals surface area contributed by atoms with E-state index in [1.165, 1.54) is 0 Å². The first kappa shape index (κ1) is 16.6. The van der Waals surface area contributed by atoms with Crippen LogP contribution in [-0.2, 0) is 0 Å². The molecule has 0 aliphatic carbocycles. The number of ether oxygens (including phenoxy) is 1. The van der Waals surface area contributed by atoms with Gasteiger partial charge in [0.2, 0.25) is 0 Å². The lowest BCUT2D eigenvalue weighted by Gasteiger charge is -2.32. The molecule has 24 heavy (non-hydrogen) atoms. The summed E-state index contributed by atoms with van der Waals surface area (Å²) in [6.45, 7) is 4.31. The Kier molecular flexibility index (Phi) is 5.53. The molecule has 0 radical (unpaired) electrons. The Hall–Kier alpha value is -2.28. The lowest BCUT2D eigenvalue weighted by Crippen LogP contribution is -2.46.